The molecule has 0 radical (unpaired) electrons. The number of benzene rings is 1. The van der Waals surface area contributed by atoms with Crippen molar-refractivity contribution >= 4 is 73.5 Å². The highest BCUT2D eigenvalue weighted by Gasteiger charge is 2.05. The van der Waals surface area contributed by atoms with Crippen molar-refractivity contribution in [3.63, 3.8) is 0 Å². The van der Waals surface area contributed by atoms with E-state index in [9.17, 15) is 0 Å². The Balaban J connectivity index is 2.12. The molecule has 1 nitrogen and oxygen atoms in total. The predicted octanol–water partition coefficient (Wildman–Crippen LogP) is 4.19. The molecule has 2 aromatic rings. The van der Waals surface area contributed by atoms with Crippen LogP contribution in [0.2, 0.25) is 0 Å². The summed E-state index contributed by atoms with van der Waals surface area (Å²) < 4.78 is 2.83. The Bertz CT molecular complexity index is 435. The van der Waals surface area contributed by atoms with Gasteiger partial charge in [-0.3, -0.25) is 0 Å². The molecule has 78 valence electrons. The number of alkyl halides is 1. The summed E-state index contributed by atoms with van der Waals surface area (Å²) in [6.45, 7) is 0. The van der Waals surface area contributed by atoms with Gasteiger partial charge in [0.05, 0.1) is 10.2 Å². The molecule has 15 heavy (non-hydrogen) atoms. The number of hydrogen-bond donors (Lipinski definition) is 0. The van der Waals surface area contributed by atoms with E-state index >= 15 is 0 Å². The number of halogens is 1. The fourth-order valence-corrected chi connectivity index (χ4v) is 3.83. The number of thiazole rings is 1. The molecular weight excluding hydrogens is 357 g/mol. The van der Waals surface area contributed by atoms with Crippen LogP contribution in [0.15, 0.2) is 28.6 Å². The van der Waals surface area contributed by atoms with E-state index in [4.69, 9.17) is 12.2 Å². The van der Waals surface area contributed by atoms with E-state index in [1.807, 2.05) is 12.1 Å². The standard InChI is InChI=1S/C10H8INS3/c11-7(5-13)6-14-10-12-8-3-1-2-4-9(8)15-10/h1-5,7H,6H2. The van der Waals surface area contributed by atoms with Crippen LogP contribution >= 0.6 is 57.9 Å². The van der Waals surface area contributed by atoms with Gasteiger partial charge in [-0.15, -0.1) is 11.3 Å². The number of para-hydroxylation sites is 1. The van der Waals surface area contributed by atoms with Crippen LogP contribution in [0.1, 0.15) is 0 Å². The molecule has 0 amide bonds. The number of thioether (sulfide) groups is 1. The summed E-state index contributed by atoms with van der Waals surface area (Å²) in [5.74, 6) is 1.00. The van der Waals surface area contributed by atoms with Crippen molar-refractivity contribution in [1.29, 1.82) is 0 Å². The van der Waals surface area contributed by atoms with Crippen molar-refractivity contribution in [3.05, 3.63) is 24.3 Å². The van der Waals surface area contributed by atoms with E-state index in [2.05, 4.69) is 39.7 Å². The Hall–Kier alpha value is 0.280. The summed E-state index contributed by atoms with van der Waals surface area (Å²) in [6.07, 6.45) is 0. The lowest BCUT2D eigenvalue weighted by Crippen LogP contribution is -1.99. The van der Waals surface area contributed by atoms with Crippen LogP contribution in [0.4, 0.5) is 0 Å². The highest BCUT2D eigenvalue weighted by Crippen LogP contribution is 2.30. The summed E-state index contributed by atoms with van der Waals surface area (Å²) in [4.78, 5) is 4.55. The molecule has 0 saturated carbocycles. The van der Waals surface area contributed by atoms with Gasteiger partial charge in [0.15, 0.2) is 4.34 Å². The summed E-state index contributed by atoms with van der Waals surface area (Å²) in [7, 11) is 0. The molecule has 0 spiro atoms. The lowest BCUT2D eigenvalue weighted by Gasteiger charge is -1.98. The average molecular weight is 365 g/mol. The maximum absolute atomic E-state index is 4.89. The minimum absolute atomic E-state index is 0.439. The van der Waals surface area contributed by atoms with Crippen LogP contribution in [-0.4, -0.2) is 20.0 Å². The predicted molar refractivity (Wildman–Crippen MR) is 81.8 cm³/mol. The third-order valence-electron chi connectivity index (χ3n) is 1.79. The summed E-state index contributed by atoms with van der Waals surface area (Å²) in [5.41, 5.74) is 1.09. The highest BCUT2D eigenvalue weighted by atomic mass is 127. The van der Waals surface area contributed by atoms with Gasteiger partial charge in [-0.25, -0.2) is 4.98 Å². The van der Waals surface area contributed by atoms with Crippen molar-refractivity contribution in [2.24, 2.45) is 0 Å². The Morgan fingerprint density at radius 2 is 2.33 bits per heavy atom. The first kappa shape index (κ1) is 11.8. The number of hydrogen-bond acceptors (Lipinski definition) is 4. The second kappa shape index (κ2) is 5.56. The molecule has 0 fully saturated rings. The van der Waals surface area contributed by atoms with E-state index in [-0.39, 0.29) is 0 Å². The number of thiocarbonyl (C=S) groups is 1. The van der Waals surface area contributed by atoms with Crippen LogP contribution in [0.3, 0.4) is 0 Å². The van der Waals surface area contributed by atoms with Gasteiger partial charge in [-0.05, 0) is 17.5 Å². The second-order valence-corrected chi connectivity index (χ2v) is 7.08. The number of aromatic nitrogens is 1. The van der Waals surface area contributed by atoms with Crippen molar-refractivity contribution in [2.45, 2.75) is 8.26 Å². The molecular formula is C10H8INS3. The smallest absolute Gasteiger partial charge is 0.151 e. The fourth-order valence-electron chi connectivity index (χ4n) is 1.10. The second-order valence-electron chi connectivity index (χ2n) is 2.91. The Labute approximate surface area is 116 Å². The highest BCUT2D eigenvalue weighted by molar-refractivity contribution is 14.1. The van der Waals surface area contributed by atoms with Gasteiger partial charge in [-0.2, -0.15) is 0 Å². The van der Waals surface area contributed by atoms with Gasteiger partial charge >= 0.3 is 0 Å². The third-order valence-corrected chi connectivity index (χ3v) is 6.30. The zero-order chi connectivity index (χ0) is 10.7. The van der Waals surface area contributed by atoms with Crippen LogP contribution < -0.4 is 0 Å². The summed E-state index contributed by atoms with van der Waals surface area (Å²) in [6, 6.07) is 8.23. The van der Waals surface area contributed by atoms with Crippen LogP contribution in [0.25, 0.3) is 10.2 Å². The first-order valence-electron chi connectivity index (χ1n) is 4.37. The van der Waals surface area contributed by atoms with Gasteiger partial charge in [0.2, 0.25) is 0 Å². The van der Waals surface area contributed by atoms with E-state index < -0.39 is 0 Å². The molecule has 0 aliphatic rings. The molecule has 0 aliphatic heterocycles. The number of fused-ring (bicyclic) bond motifs is 1. The molecule has 0 bridgehead atoms. The molecule has 1 aromatic heterocycles. The van der Waals surface area contributed by atoms with E-state index in [1.54, 1.807) is 28.5 Å². The van der Waals surface area contributed by atoms with Crippen LogP contribution in [-0.2, 0) is 0 Å². The Kier molecular flexibility index (Phi) is 4.36. The number of nitrogens with zero attached hydrogens (tertiary/aromatic N) is 1. The first-order valence-corrected chi connectivity index (χ1v) is 7.89. The molecule has 1 heterocycles. The molecule has 2 rings (SSSR count). The van der Waals surface area contributed by atoms with Crippen LogP contribution in [0, 0.1) is 0 Å². The SMILES string of the molecule is S=CC(I)CSc1nc2ccccc2s1. The largest absolute Gasteiger partial charge is 0.230 e. The van der Waals surface area contributed by atoms with E-state index in [0.717, 1.165) is 15.6 Å². The lowest BCUT2D eigenvalue weighted by molar-refractivity contribution is 1.29. The maximum Gasteiger partial charge on any atom is 0.151 e. The molecule has 0 saturated heterocycles. The summed E-state index contributed by atoms with van der Waals surface area (Å²) >= 11 is 10.8. The molecule has 1 aromatic carbocycles. The summed E-state index contributed by atoms with van der Waals surface area (Å²) in [5, 5.41) is 1.81. The molecule has 0 N–H and O–H groups in total. The third kappa shape index (κ3) is 3.12. The van der Waals surface area contributed by atoms with Crippen molar-refractivity contribution in [1.82, 2.24) is 4.98 Å². The zero-order valence-corrected chi connectivity index (χ0v) is 12.3. The molecule has 1 unspecified atom stereocenters. The first-order chi connectivity index (χ1) is 7.29. The van der Waals surface area contributed by atoms with Crippen molar-refractivity contribution < 1.29 is 0 Å². The average Bonchev–Trinajstić information content (AvgIpc) is 2.68. The van der Waals surface area contributed by atoms with Gasteiger partial charge in [0.1, 0.15) is 0 Å². The van der Waals surface area contributed by atoms with Gasteiger partial charge in [0.25, 0.3) is 0 Å². The minimum atomic E-state index is 0.439. The van der Waals surface area contributed by atoms with E-state index in [1.165, 1.54) is 4.70 Å². The lowest BCUT2D eigenvalue weighted by atomic mass is 10.3. The van der Waals surface area contributed by atoms with Gasteiger partial charge < -0.3 is 0 Å². The van der Waals surface area contributed by atoms with Crippen molar-refractivity contribution in [3.8, 4) is 0 Å². The normalized spacial score (nSPS) is 12.9. The minimum Gasteiger partial charge on any atom is -0.230 e. The zero-order valence-electron chi connectivity index (χ0n) is 7.72. The van der Waals surface area contributed by atoms with Crippen molar-refractivity contribution in [2.75, 3.05) is 5.75 Å². The monoisotopic (exact) mass is 365 g/mol. The molecule has 5 heteroatoms. The Morgan fingerprint density at radius 3 is 3.07 bits per heavy atom. The molecule has 0 aliphatic carbocycles. The quantitative estimate of drug-likeness (QED) is 0.349. The number of rotatable bonds is 4. The van der Waals surface area contributed by atoms with Crippen LogP contribution in [0.5, 0.6) is 0 Å². The van der Waals surface area contributed by atoms with E-state index in [0.29, 0.717) is 3.92 Å². The van der Waals surface area contributed by atoms with Gasteiger partial charge in [0, 0.05) is 9.68 Å². The Morgan fingerprint density at radius 1 is 1.53 bits per heavy atom. The molecule has 1 atom stereocenters. The fraction of sp³-hybridized carbons (Fsp3) is 0.200. The maximum atomic E-state index is 4.89. The van der Waals surface area contributed by atoms with Gasteiger partial charge in [-0.1, -0.05) is 58.7 Å². The topological polar surface area (TPSA) is 12.9 Å².